The van der Waals surface area contributed by atoms with E-state index in [2.05, 4.69) is 10.6 Å². The van der Waals surface area contributed by atoms with Crippen LogP contribution in [0.3, 0.4) is 0 Å². The fourth-order valence-electron chi connectivity index (χ4n) is 4.57. The van der Waals surface area contributed by atoms with Gasteiger partial charge in [-0.25, -0.2) is 4.79 Å². The Kier molecular flexibility index (Phi) is 9.11. The summed E-state index contributed by atoms with van der Waals surface area (Å²) in [5, 5.41) is 6.50. The fourth-order valence-corrected chi connectivity index (χ4v) is 4.70. The van der Waals surface area contributed by atoms with E-state index in [0.717, 1.165) is 18.4 Å². The number of carbonyl (C=O) groups excluding carboxylic acids is 4. The molecule has 3 rings (SSSR count). The number of amides is 4. The van der Waals surface area contributed by atoms with Crippen molar-refractivity contribution in [2.45, 2.75) is 57.4 Å². The summed E-state index contributed by atoms with van der Waals surface area (Å²) in [5.74, 6) is -0.997. The molecule has 0 bridgehead atoms. The molecule has 8 nitrogen and oxygen atoms in total. The topological polar surface area (TPSA) is 105 Å². The van der Waals surface area contributed by atoms with Crippen molar-refractivity contribution in [3.05, 3.63) is 34.9 Å². The standard InChI is InChI=1S/C24H32ClN3O5/c1-33-23(31)17-8-11-19-20(15-17)27-24(32)28(22(19)30)14-4-2-3-5-21(29)26-13-12-16-6-9-18(25)10-7-16/h6-7,9-10,17,19-20H,2-5,8,11-15H2,1H3,(H,26,29)(H,27,32). The third-order valence-corrected chi connectivity index (χ3v) is 6.71. The van der Waals surface area contributed by atoms with Crippen molar-refractivity contribution in [1.29, 1.82) is 0 Å². The van der Waals surface area contributed by atoms with Crippen molar-refractivity contribution in [1.82, 2.24) is 15.5 Å². The van der Waals surface area contributed by atoms with Gasteiger partial charge in [-0.3, -0.25) is 19.3 Å². The molecule has 3 atom stereocenters. The van der Waals surface area contributed by atoms with Gasteiger partial charge in [0.25, 0.3) is 0 Å². The van der Waals surface area contributed by atoms with Gasteiger partial charge in [0.05, 0.1) is 18.9 Å². The summed E-state index contributed by atoms with van der Waals surface area (Å²) < 4.78 is 4.80. The van der Waals surface area contributed by atoms with E-state index < -0.39 is 6.03 Å². The van der Waals surface area contributed by atoms with Crippen molar-refractivity contribution in [3.8, 4) is 0 Å². The average molecular weight is 478 g/mol. The Bertz CT molecular complexity index is 860. The van der Waals surface area contributed by atoms with Crippen LogP contribution < -0.4 is 10.6 Å². The third kappa shape index (κ3) is 6.93. The van der Waals surface area contributed by atoms with E-state index in [1.54, 1.807) is 0 Å². The molecule has 1 saturated heterocycles. The first-order valence-electron chi connectivity index (χ1n) is 11.6. The predicted octanol–water partition coefficient (Wildman–Crippen LogP) is 3.07. The maximum atomic E-state index is 12.8. The number of nitrogens with zero attached hydrogens (tertiary/aromatic N) is 1. The first kappa shape index (κ1) is 25.0. The van der Waals surface area contributed by atoms with Gasteiger partial charge in [0.1, 0.15) is 0 Å². The van der Waals surface area contributed by atoms with E-state index in [9.17, 15) is 19.2 Å². The molecule has 9 heteroatoms. The minimum atomic E-state index is -0.397. The van der Waals surface area contributed by atoms with E-state index in [1.165, 1.54) is 12.0 Å². The lowest BCUT2D eigenvalue weighted by atomic mass is 9.76. The number of benzene rings is 1. The van der Waals surface area contributed by atoms with Gasteiger partial charge in [-0.1, -0.05) is 30.2 Å². The summed E-state index contributed by atoms with van der Waals surface area (Å²) in [6.45, 7) is 0.912. The van der Waals surface area contributed by atoms with Crippen LogP contribution >= 0.6 is 11.6 Å². The number of imide groups is 1. The molecule has 1 aromatic rings. The van der Waals surface area contributed by atoms with Crippen LogP contribution in [0.25, 0.3) is 0 Å². The van der Waals surface area contributed by atoms with Crippen LogP contribution in [-0.4, -0.2) is 55.0 Å². The van der Waals surface area contributed by atoms with Crippen LogP contribution in [0.15, 0.2) is 24.3 Å². The molecular formula is C24H32ClN3O5. The second-order valence-corrected chi connectivity index (χ2v) is 9.16. The molecule has 2 aliphatic rings. The van der Waals surface area contributed by atoms with Gasteiger partial charge in [0, 0.05) is 30.6 Å². The largest absolute Gasteiger partial charge is 0.469 e. The molecular weight excluding hydrogens is 446 g/mol. The summed E-state index contributed by atoms with van der Waals surface area (Å²) in [6.07, 6.45) is 4.86. The minimum absolute atomic E-state index is 0.000892. The number of hydrogen-bond donors (Lipinski definition) is 2. The van der Waals surface area contributed by atoms with Crippen LogP contribution in [0, 0.1) is 11.8 Å². The number of ether oxygens (including phenoxy) is 1. The molecule has 1 saturated carbocycles. The van der Waals surface area contributed by atoms with Gasteiger partial charge >= 0.3 is 12.0 Å². The van der Waals surface area contributed by atoms with E-state index in [4.69, 9.17) is 16.3 Å². The van der Waals surface area contributed by atoms with E-state index in [-0.39, 0.29) is 35.7 Å². The first-order chi connectivity index (χ1) is 15.9. The highest BCUT2D eigenvalue weighted by Gasteiger charge is 2.45. The van der Waals surface area contributed by atoms with Gasteiger partial charge < -0.3 is 15.4 Å². The molecule has 0 radical (unpaired) electrons. The third-order valence-electron chi connectivity index (χ3n) is 6.46. The summed E-state index contributed by atoms with van der Waals surface area (Å²) in [4.78, 5) is 50.3. The Morgan fingerprint density at radius 1 is 1.15 bits per heavy atom. The van der Waals surface area contributed by atoms with Gasteiger partial charge in [-0.15, -0.1) is 0 Å². The zero-order chi connectivity index (χ0) is 23.8. The van der Waals surface area contributed by atoms with Crippen molar-refractivity contribution in [3.63, 3.8) is 0 Å². The van der Waals surface area contributed by atoms with E-state index in [1.807, 2.05) is 24.3 Å². The predicted molar refractivity (Wildman–Crippen MR) is 124 cm³/mol. The lowest BCUT2D eigenvalue weighted by Crippen LogP contribution is -2.61. The van der Waals surface area contributed by atoms with Crippen LogP contribution in [0.4, 0.5) is 4.79 Å². The lowest BCUT2D eigenvalue weighted by molar-refractivity contribution is -0.149. The Labute approximate surface area is 199 Å². The number of urea groups is 1. The Morgan fingerprint density at radius 3 is 2.64 bits per heavy atom. The fraction of sp³-hybridized carbons (Fsp3) is 0.583. The number of hydrogen-bond acceptors (Lipinski definition) is 5. The van der Waals surface area contributed by atoms with Gasteiger partial charge in [0.15, 0.2) is 0 Å². The maximum absolute atomic E-state index is 12.8. The quantitative estimate of drug-likeness (QED) is 0.398. The van der Waals surface area contributed by atoms with Crippen LogP contribution in [0.1, 0.15) is 50.5 Å². The summed E-state index contributed by atoms with van der Waals surface area (Å²) in [7, 11) is 1.35. The van der Waals surface area contributed by atoms with Crippen molar-refractivity contribution >= 4 is 35.4 Å². The summed E-state index contributed by atoms with van der Waals surface area (Å²) >= 11 is 5.87. The average Bonchev–Trinajstić information content (AvgIpc) is 2.81. The second kappa shape index (κ2) is 12.0. The molecule has 1 aliphatic heterocycles. The summed E-state index contributed by atoms with van der Waals surface area (Å²) in [6, 6.07) is 6.85. The number of esters is 1. The molecule has 33 heavy (non-hydrogen) atoms. The first-order valence-corrected chi connectivity index (χ1v) is 12.0. The number of methoxy groups -OCH3 is 1. The highest BCUT2D eigenvalue weighted by Crippen LogP contribution is 2.33. The number of fused-ring (bicyclic) bond motifs is 1. The zero-order valence-electron chi connectivity index (χ0n) is 19.0. The monoisotopic (exact) mass is 477 g/mol. The van der Waals surface area contributed by atoms with E-state index in [0.29, 0.717) is 56.6 Å². The normalized spacial score (nSPS) is 22.4. The molecule has 3 unspecified atom stereocenters. The lowest BCUT2D eigenvalue weighted by Gasteiger charge is -2.41. The highest BCUT2D eigenvalue weighted by atomic mass is 35.5. The highest BCUT2D eigenvalue weighted by molar-refractivity contribution is 6.30. The van der Waals surface area contributed by atoms with Crippen molar-refractivity contribution in [2.24, 2.45) is 11.8 Å². The Hall–Kier alpha value is -2.61. The minimum Gasteiger partial charge on any atom is -0.469 e. The van der Waals surface area contributed by atoms with Crippen molar-refractivity contribution < 1.29 is 23.9 Å². The number of unbranched alkanes of at least 4 members (excludes halogenated alkanes) is 2. The molecule has 1 aromatic carbocycles. The molecule has 1 aliphatic carbocycles. The number of rotatable bonds is 10. The second-order valence-electron chi connectivity index (χ2n) is 8.72. The number of carbonyl (C=O) groups is 4. The van der Waals surface area contributed by atoms with Gasteiger partial charge in [-0.05, 0) is 56.2 Å². The number of nitrogens with one attached hydrogen (secondary N) is 2. The van der Waals surface area contributed by atoms with E-state index >= 15 is 0 Å². The van der Waals surface area contributed by atoms with Crippen molar-refractivity contribution in [2.75, 3.05) is 20.2 Å². The molecule has 2 N–H and O–H groups in total. The molecule has 0 spiro atoms. The SMILES string of the molecule is COC(=O)C1CCC2C(=O)N(CCCCCC(=O)NCCc3ccc(Cl)cc3)C(=O)NC2C1. The summed E-state index contributed by atoms with van der Waals surface area (Å²) in [5.41, 5.74) is 1.12. The molecule has 4 amide bonds. The maximum Gasteiger partial charge on any atom is 0.324 e. The Balaban J connectivity index is 1.31. The zero-order valence-corrected chi connectivity index (χ0v) is 19.7. The Morgan fingerprint density at radius 2 is 1.91 bits per heavy atom. The van der Waals surface area contributed by atoms with Gasteiger partial charge in [-0.2, -0.15) is 0 Å². The smallest absolute Gasteiger partial charge is 0.324 e. The molecule has 180 valence electrons. The van der Waals surface area contributed by atoms with Crippen LogP contribution in [-0.2, 0) is 25.5 Å². The molecule has 1 heterocycles. The molecule has 0 aromatic heterocycles. The molecule has 2 fully saturated rings. The van der Waals surface area contributed by atoms with Crippen LogP contribution in [0.2, 0.25) is 5.02 Å². The van der Waals surface area contributed by atoms with Crippen LogP contribution in [0.5, 0.6) is 0 Å². The van der Waals surface area contributed by atoms with Gasteiger partial charge in [0.2, 0.25) is 11.8 Å². The number of halogens is 1.